The van der Waals surface area contributed by atoms with E-state index in [1.165, 1.54) is 5.57 Å². The summed E-state index contributed by atoms with van der Waals surface area (Å²) in [6, 6.07) is 0. The molecule has 0 amide bonds. The van der Waals surface area contributed by atoms with Crippen molar-refractivity contribution in [3.05, 3.63) is 72.0 Å². The quantitative estimate of drug-likeness (QED) is 0.640. The second-order valence-electron chi connectivity index (χ2n) is 4.15. The fourth-order valence-corrected chi connectivity index (χ4v) is 1.31. The Morgan fingerprint density at radius 2 is 1.83 bits per heavy atom. The highest BCUT2D eigenvalue weighted by Gasteiger charge is 1.99. The first kappa shape index (κ1) is 16.2. The van der Waals surface area contributed by atoms with Gasteiger partial charge in [-0.1, -0.05) is 49.1 Å². The normalized spacial score (nSPS) is 13.3. The third kappa shape index (κ3) is 6.74. The van der Waals surface area contributed by atoms with Crippen LogP contribution in [0.4, 0.5) is 0 Å². The molecular formula is C17H25N. The minimum absolute atomic E-state index is 0.868. The van der Waals surface area contributed by atoms with Gasteiger partial charge in [-0.05, 0) is 38.0 Å². The van der Waals surface area contributed by atoms with Crippen LogP contribution in [0.15, 0.2) is 72.0 Å². The molecule has 0 bridgehead atoms. The van der Waals surface area contributed by atoms with Crippen LogP contribution < -0.4 is 5.32 Å². The average molecular weight is 243 g/mol. The van der Waals surface area contributed by atoms with Crippen LogP contribution in [0, 0.1) is 0 Å². The molecular weight excluding hydrogens is 218 g/mol. The molecule has 1 nitrogen and oxygen atoms in total. The molecule has 0 aliphatic carbocycles. The van der Waals surface area contributed by atoms with Crippen LogP contribution in [-0.2, 0) is 0 Å². The summed E-state index contributed by atoms with van der Waals surface area (Å²) in [6.07, 6.45) is 13.3. The molecule has 0 saturated carbocycles. The molecule has 1 heteroatoms. The molecule has 98 valence electrons. The van der Waals surface area contributed by atoms with Crippen LogP contribution in [0.25, 0.3) is 0 Å². The molecule has 0 unspecified atom stereocenters. The average Bonchev–Trinajstić information content (AvgIpc) is 2.36. The Bertz CT molecular complexity index is 403. The van der Waals surface area contributed by atoms with Crippen molar-refractivity contribution in [1.82, 2.24) is 5.32 Å². The van der Waals surface area contributed by atoms with E-state index in [0.29, 0.717) is 0 Å². The monoisotopic (exact) mass is 243 g/mol. The van der Waals surface area contributed by atoms with E-state index in [2.05, 4.69) is 49.7 Å². The van der Waals surface area contributed by atoms with E-state index in [-0.39, 0.29) is 0 Å². The summed E-state index contributed by atoms with van der Waals surface area (Å²) in [6.45, 7) is 13.9. The van der Waals surface area contributed by atoms with Gasteiger partial charge >= 0.3 is 0 Å². The minimum atomic E-state index is 0.868. The highest BCUT2D eigenvalue weighted by atomic mass is 14.8. The summed E-state index contributed by atoms with van der Waals surface area (Å²) in [5, 5.41) is 3.21. The van der Waals surface area contributed by atoms with E-state index in [9.17, 15) is 0 Å². The van der Waals surface area contributed by atoms with Crippen molar-refractivity contribution in [2.75, 3.05) is 7.05 Å². The largest absolute Gasteiger partial charge is 0.391 e. The van der Waals surface area contributed by atoms with Gasteiger partial charge in [0.2, 0.25) is 0 Å². The SMILES string of the molecule is C=C(C)C(=C)/C=C(/CC(/C=C\C=C/C)=C/C)NC. The van der Waals surface area contributed by atoms with Crippen LogP contribution in [0.1, 0.15) is 27.2 Å². The summed E-state index contributed by atoms with van der Waals surface area (Å²) in [4.78, 5) is 0. The highest BCUT2D eigenvalue weighted by Crippen LogP contribution is 2.14. The van der Waals surface area contributed by atoms with Gasteiger partial charge in [0.15, 0.2) is 0 Å². The number of rotatable bonds is 7. The highest BCUT2D eigenvalue weighted by molar-refractivity contribution is 5.37. The fourth-order valence-electron chi connectivity index (χ4n) is 1.31. The molecule has 0 aromatic heterocycles. The molecule has 1 N–H and O–H groups in total. The third-order valence-electron chi connectivity index (χ3n) is 2.60. The summed E-state index contributed by atoms with van der Waals surface area (Å²) >= 11 is 0. The molecule has 0 atom stereocenters. The Morgan fingerprint density at radius 3 is 2.28 bits per heavy atom. The van der Waals surface area contributed by atoms with E-state index in [1.807, 2.05) is 33.0 Å². The molecule has 0 aromatic rings. The number of hydrogen-bond donors (Lipinski definition) is 1. The molecule has 0 aromatic carbocycles. The van der Waals surface area contributed by atoms with Gasteiger partial charge < -0.3 is 5.32 Å². The lowest BCUT2D eigenvalue weighted by atomic mass is 10.1. The molecule has 0 saturated heterocycles. The van der Waals surface area contributed by atoms with Crippen LogP contribution in [0.2, 0.25) is 0 Å². The van der Waals surface area contributed by atoms with Crippen molar-refractivity contribution in [2.45, 2.75) is 27.2 Å². The maximum Gasteiger partial charge on any atom is 0.0154 e. The molecule has 0 aliphatic heterocycles. The summed E-state index contributed by atoms with van der Waals surface area (Å²) in [5.74, 6) is 0. The third-order valence-corrected chi connectivity index (χ3v) is 2.60. The minimum Gasteiger partial charge on any atom is -0.391 e. The van der Waals surface area contributed by atoms with Gasteiger partial charge in [-0.15, -0.1) is 0 Å². The van der Waals surface area contributed by atoms with E-state index in [4.69, 9.17) is 0 Å². The first-order valence-electron chi connectivity index (χ1n) is 6.22. The van der Waals surface area contributed by atoms with E-state index in [1.54, 1.807) is 0 Å². The Morgan fingerprint density at radius 1 is 1.17 bits per heavy atom. The van der Waals surface area contributed by atoms with E-state index in [0.717, 1.165) is 23.3 Å². The lowest BCUT2D eigenvalue weighted by Gasteiger charge is -2.09. The van der Waals surface area contributed by atoms with Gasteiger partial charge in [0, 0.05) is 19.2 Å². The van der Waals surface area contributed by atoms with Crippen LogP contribution in [0.5, 0.6) is 0 Å². The zero-order valence-electron chi connectivity index (χ0n) is 12.1. The first-order valence-corrected chi connectivity index (χ1v) is 6.22. The molecule has 0 rings (SSSR count). The molecule has 0 heterocycles. The van der Waals surface area contributed by atoms with Crippen molar-refractivity contribution < 1.29 is 0 Å². The van der Waals surface area contributed by atoms with Crippen LogP contribution in [-0.4, -0.2) is 7.05 Å². The fraction of sp³-hybridized carbons (Fsp3) is 0.294. The maximum atomic E-state index is 3.99. The van der Waals surface area contributed by atoms with E-state index >= 15 is 0 Å². The maximum absolute atomic E-state index is 3.99. The first-order chi connectivity index (χ1) is 8.54. The van der Waals surface area contributed by atoms with Gasteiger partial charge in [0.05, 0.1) is 0 Å². The zero-order chi connectivity index (χ0) is 14.0. The van der Waals surface area contributed by atoms with Crippen molar-refractivity contribution in [1.29, 1.82) is 0 Å². The van der Waals surface area contributed by atoms with Gasteiger partial charge in [0.1, 0.15) is 0 Å². The lowest BCUT2D eigenvalue weighted by Crippen LogP contribution is -2.07. The summed E-state index contributed by atoms with van der Waals surface area (Å²) < 4.78 is 0. The number of nitrogens with one attached hydrogen (secondary N) is 1. The Labute approximate surface area is 112 Å². The summed E-state index contributed by atoms with van der Waals surface area (Å²) in [7, 11) is 1.93. The van der Waals surface area contributed by atoms with E-state index < -0.39 is 0 Å². The second kappa shape index (κ2) is 9.29. The predicted molar refractivity (Wildman–Crippen MR) is 83.4 cm³/mol. The number of allylic oxidation sites excluding steroid dienone is 9. The smallest absolute Gasteiger partial charge is 0.0154 e. The number of hydrogen-bond acceptors (Lipinski definition) is 1. The predicted octanol–water partition coefficient (Wildman–Crippen LogP) is 4.69. The molecule has 18 heavy (non-hydrogen) atoms. The molecule has 0 aliphatic rings. The van der Waals surface area contributed by atoms with Crippen LogP contribution >= 0.6 is 0 Å². The Hall–Kier alpha value is -1.76. The Kier molecular flexibility index (Phi) is 8.38. The molecule has 0 fully saturated rings. The van der Waals surface area contributed by atoms with Gasteiger partial charge in [0.25, 0.3) is 0 Å². The lowest BCUT2D eigenvalue weighted by molar-refractivity contribution is 0.919. The standard InChI is InChI=1S/C17H25N/c1-7-9-10-11-16(8-2)13-17(18-6)12-15(5)14(3)4/h7-12,18H,3,5,13H2,1-2,4,6H3/b9-7-,11-10-,16-8+,17-12-. The summed E-state index contributed by atoms with van der Waals surface area (Å²) in [5.41, 5.74) is 4.37. The molecule has 0 radical (unpaired) electrons. The van der Waals surface area contributed by atoms with Gasteiger partial charge in [-0.3, -0.25) is 0 Å². The van der Waals surface area contributed by atoms with Crippen molar-refractivity contribution in [3.8, 4) is 0 Å². The zero-order valence-corrected chi connectivity index (χ0v) is 12.1. The van der Waals surface area contributed by atoms with Gasteiger partial charge in [-0.25, -0.2) is 0 Å². The van der Waals surface area contributed by atoms with Gasteiger partial charge in [-0.2, -0.15) is 0 Å². The van der Waals surface area contributed by atoms with Crippen molar-refractivity contribution in [2.24, 2.45) is 0 Å². The second-order valence-corrected chi connectivity index (χ2v) is 4.15. The Balaban J connectivity index is 4.80. The van der Waals surface area contributed by atoms with Crippen molar-refractivity contribution >= 4 is 0 Å². The van der Waals surface area contributed by atoms with Crippen LogP contribution in [0.3, 0.4) is 0 Å². The molecule has 0 spiro atoms. The van der Waals surface area contributed by atoms with Crippen molar-refractivity contribution in [3.63, 3.8) is 0 Å². The topological polar surface area (TPSA) is 12.0 Å².